The van der Waals surface area contributed by atoms with Crippen LogP contribution in [0.3, 0.4) is 0 Å². The maximum absolute atomic E-state index is 9.61. The average Bonchev–Trinajstić information content (AvgIpc) is 3.06. The monoisotopic (exact) mass is 362 g/mol. The number of H-pyrrole nitrogens is 1. The van der Waals surface area contributed by atoms with Crippen LogP contribution >= 0.6 is 0 Å². The van der Waals surface area contributed by atoms with Gasteiger partial charge in [0.15, 0.2) is 17.1 Å². The third-order valence-corrected chi connectivity index (χ3v) is 4.27. The van der Waals surface area contributed by atoms with Crippen molar-refractivity contribution in [3.05, 3.63) is 47.5 Å². The summed E-state index contributed by atoms with van der Waals surface area (Å²) >= 11 is 0. The topological polar surface area (TPSA) is 108 Å². The molecule has 0 fully saturated rings. The number of benzene rings is 2. The Morgan fingerprint density at radius 1 is 1.22 bits per heavy atom. The summed E-state index contributed by atoms with van der Waals surface area (Å²) in [5.74, 6) is 0.736. The average molecular weight is 362 g/mol. The van der Waals surface area contributed by atoms with Crippen LogP contribution in [-0.4, -0.2) is 38.6 Å². The van der Waals surface area contributed by atoms with Crippen molar-refractivity contribution in [1.29, 1.82) is 0 Å². The van der Waals surface area contributed by atoms with Gasteiger partial charge < -0.3 is 14.8 Å². The molecule has 8 nitrogen and oxygen atoms in total. The Morgan fingerprint density at radius 2 is 2.11 bits per heavy atom. The normalized spacial score (nSPS) is 11.5. The Hall–Kier alpha value is -3.68. The van der Waals surface area contributed by atoms with E-state index in [2.05, 4.69) is 49.7 Å². The Morgan fingerprint density at radius 3 is 2.93 bits per heavy atom. The number of anilines is 1. The van der Waals surface area contributed by atoms with Gasteiger partial charge in [-0.05, 0) is 47.9 Å². The number of phenols is 1. The van der Waals surface area contributed by atoms with Gasteiger partial charge in [0, 0.05) is 10.9 Å². The number of aromatic amines is 1. The van der Waals surface area contributed by atoms with Crippen LogP contribution in [-0.2, 0) is 6.42 Å². The van der Waals surface area contributed by atoms with Gasteiger partial charge in [0.25, 0.3) is 5.95 Å². The van der Waals surface area contributed by atoms with E-state index in [1.54, 1.807) is 24.4 Å². The van der Waals surface area contributed by atoms with Gasteiger partial charge in [-0.25, -0.2) is 5.43 Å². The Kier molecular flexibility index (Phi) is 4.29. The summed E-state index contributed by atoms with van der Waals surface area (Å²) in [7, 11) is 1.49. The van der Waals surface area contributed by atoms with Crippen molar-refractivity contribution in [2.24, 2.45) is 5.10 Å². The van der Waals surface area contributed by atoms with Gasteiger partial charge in [0.2, 0.25) is 0 Å². The molecule has 2 aromatic heterocycles. The summed E-state index contributed by atoms with van der Waals surface area (Å²) in [4.78, 5) is 7.68. The number of ether oxygens (including phenoxy) is 1. The molecule has 2 heterocycles. The van der Waals surface area contributed by atoms with Crippen LogP contribution in [0.5, 0.6) is 11.5 Å². The summed E-state index contributed by atoms with van der Waals surface area (Å²) in [5, 5.41) is 23.1. The lowest BCUT2D eigenvalue weighted by Gasteiger charge is -2.03. The van der Waals surface area contributed by atoms with Gasteiger partial charge in [0.1, 0.15) is 5.52 Å². The fourth-order valence-corrected chi connectivity index (χ4v) is 2.82. The van der Waals surface area contributed by atoms with Gasteiger partial charge in [-0.2, -0.15) is 10.1 Å². The number of nitrogens with one attached hydrogen (secondary N) is 2. The lowest BCUT2D eigenvalue weighted by molar-refractivity contribution is 0.373. The molecule has 0 atom stereocenters. The van der Waals surface area contributed by atoms with E-state index in [-0.39, 0.29) is 11.7 Å². The molecule has 4 aromatic rings. The number of aromatic nitrogens is 4. The molecule has 27 heavy (non-hydrogen) atoms. The minimum Gasteiger partial charge on any atom is -0.504 e. The highest BCUT2D eigenvalue weighted by Crippen LogP contribution is 2.26. The second kappa shape index (κ2) is 6.91. The van der Waals surface area contributed by atoms with Gasteiger partial charge >= 0.3 is 0 Å². The van der Waals surface area contributed by atoms with Gasteiger partial charge in [-0.3, -0.25) is 0 Å². The second-order valence-electron chi connectivity index (χ2n) is 5.99. The van der Waals surface area contributed by atoms with Crippen LogP contribution in [0, 0.1) is 0 Å². The standard InChI is InChI=1S/C19H18N6O2/c1-3-11-4-6-14-13(8-11)17-18(21-14)22-19(25-23-17)24-20-10-12-5-7-15(26)16(9-12)27-2/h4-10,26H,3H2,1-2H3,(H2,21,22,24,25)/b20-10-. The summed E-state index contributed by atoms with van der Waals surface area (Å²) in [5.41, 5.74) is 7.11. The van der Waals surface area contributed by atoms with E-state index < -0.39 is 0 Å². The number of fused-ring (bicyclic) bond motifs is 3. The van der Waals surface area contributed by atoms with Crippen molar-refractivity contribution < 1.29 is 9.84 Å². The number of hydrogen-bond donors (Lipinski definition) is 3. The molecule has 136 valence electrons. The first-order chi connectivity index (χ1) is 13.2. The molecule has 0 unspecified atom stereocenters. The van der Waals surface area contributed by atoms with E-state index in [1.807, 2.05) is 6.07 Å². The number of aromatic hydroxyl groups is 1. The first-order valence-electron chi connectivity index (χ1n) is 8.49. The molecule has 2 aromatic carbocycles. The lowest BCUT2D eigenvalue weighted by Crippen LogP contribution is -1.99. The van der Waals surface area contributed by atoms with E-state index in [1.165, 1.54) is 12.7 Å². The minimum atomic E-state index is 0.0747. The second-order valence-corrected chi connectivity index (χ2v) is 5.99. The van der Waals surface area contributed by atoms with E-state index in [0.717, 1.165) is 28.4 Å². The van der Waals surface area contributed by atoms with E-state index >= 15 is 0 Å². The van der Waals surface area contributed by atoms with E-state index in [9.17, 15) is 5.11 Å². The maximum atomic E-state index is 9.61. The SMILES string of the molecule is CCc1ccc2[nH]c3nc(N/N=C\c4ccc(O)c(OC)c4)nnc3c2c1. The highest BCUT2D eigenvalue weighted by molar-refractivity contribution is 6.03. The van der Waals surface area contributed by atoms with Gasteiger partial charge in [-0.15, -0.1) is 10.2 Å². The third kappa shape index (κ3) is 3.24. The number of phenolic OH excluding ortho intramolecular Hbond substituents is 1. The number of rotatable bonds is 5. The Bertz CT molecular complexity index is 1150. The number of hydrazone groups is 1. The Balaban J connectivity index is 1.58. The van der Waals surface area contributed by atoms with Crippen molar-refractivity contribution in [2.75, 3.05) is 12.5 Å². The van der Waals surface area contributed by atoms with Gasteiger partial charge in [-0.1, -0.05) is 13.0 Å². The molecule has 0 saturated carbocycles. The lowest BCUT2D eigenvalue weighted by atomic mass is 10.1. The zero-order chi connectivity index (χ0) is 18.8. The molecule has 8 heteroatoms. The fourth-order valence-electron chi connectivity index (χ4n) is 2.82. The number of nitrogens with zero attached hydrogens (tertiary/aromatic N) is 4. The molecule has 0 aliphatic heterocycles. The first-order valence-corrected chi connectivity index (χ1v) is 8.49. The largest absolute Gasteiger partial charge is 0.504 e. The predicted octanol–water partition coefficient (Wildman–Crippen LogP) is 3.23. The third-order valence-electron chi connectivity index (χ3n) is 4.27. The highest BCUT2D eigenvalue weighted by Gasteiger charge is 2.09. The molecule has 0 aliphatic rings. The number of hydrogen-bond acceptors (Lipinski definition) is 7. The molecule has 0 bridgehead atoms. The molecular formula is C19H18N6O2. The smallest absolute Gasteiger partial charge is 0.265 e. The zero-order valence-electron chi connectivity index (χ0n) is 14.9. The van der Waals surface area contributed by atoms with Crippen LogP contribution < -0.4 is 10.2 Å². The summed E-state index contributed by atoms with van der Waals surface area (Å²) in [6.45, 7) is 2.11. The van der Waals surface area contributed by atoms with Crippen molar-refractivity contribution in [2.45, 2.75) is 13.3 Å². The van der Waals surface area contributed by atoms with Crippen molar-refractivity contribution in [3.8, 4) is 11.5 Å². The first kappa shape index (κ1) is 16.8. The molecule has 0 spiro atoms. The molecule has 3 N–H and O–H groups in total. The van der Waals surface area contributed by atoms with E-state index in [4.69, 9.17) is 4.74 Å². The van der Waals surface area contributed by atoms with Crippen LogP contribution in [0.25, 0.3) is 22.1 Å². The van der Waals surface area contributed by atoms with Gasteiger partial charge in [0.05, 0.1) is 13.3 Å². The molecule has 0 saturated heterocycles. The molecule has 0 radical (unpaired) electrons. The quantitative estimate of drug-likeness (QED) is 0.371. The number of methoxy groups -OCH3 is 1. The highest BCUT2D eigenvalue weighted by atomic mass is 16.5. The van der Waals surface area contributed by atoms with Crippen molar-refractivity contribution in [1.82, 2.24) is 20.2 Å². The predicted molar refractivity (Wildman–Crippen MR) is 104 cm³/mol. The molecule has 0 aliphatic carbocycles. The summed E-state index contributed by atoms with van der Waals surface area (Å²) in [6.07, 6.45) is 2.54. The molecular weight excluding hydrogens is 344 g/mol. The molecule has 4 rings (SSSR count). The van der Waals surface area contributed by atoms with E-state index in [0.29, 0.717) is 11.4 Å². The summed E-state index contributed by atoms with van der Waals surface area (Å²) < 4.78 is 5.07. The van der Waals surface area contributed by atoms with Crippen molar-refractivity contribution >= 4 is 34.2 Å². The minimum absolute atomic E-state index is 0.0747. The molecule has 0 amide bonds. The van der Waals surface area contributed by atoms with Crippen LogP contribution in [0.2, 0.25) is 0 Å². The van der Waals surface area contributed by atoms with Crippen LogP contribution in [0.15, 0.2) is 41.5 Å². The Labute approximate surface area is 154 Å². The van der Waals surface area contributed by atoms with Crippen LogP contribution in [0.4, 0.5) is 5.95 Å². The zero-order valence-corrected chi connectivity index (χ0v) is 14.9. The van der Waals surface area contributed by atoms with Crippen molar-refractivity contribution in [3.63, 3.8) is 0 Å². The number of aryl methyl sites for hydroxylation is 1. The van der Waals surface area contributed by atoms with Crippen LogP contribution in [0.1, 0.15) is 18.1 Å². The fraction of sp³-hybridized carbons (Fsp3) is 0.158. The summed E-state index contributed by atoms with van der Waals surface area (Å²) in [6, 6.07) is 11.1. The maximum Gasteiger partial charge on any atom is 0.265 e.